The predicted octanol–water partition coefficient (Wildman–Crippen LogP) is 4.76. The molecule has 1 saturated carbocycles. The molecule has 1 nitrogen and oxygen atoms in total. The Balaban J connectivity index is 1.80. The second kappa shape index (κ2) is 4.22. The van der Waals surface area contributed by atoms with Crippen molar-refractivity contribution in [3.05, 3.63) is 22.8 Å². The summed E-state index contributed by atoms with van der Waals surface area (Å²) < 4.78 is 0. The summed E-state index contributed by atoms with van der Waals surface area (Å²) in [7, 11) is 0. The molecule has 110 valence electrons. The highest BCUT2D eigenvalue weighted by Crippen LogP contribution is 2.62. The van der Waals surface area contributed by atoms with Crippen LogP contribution in [0.3, 0.4) is 0 Å². The SMILES string of the molecule is C[C@]12CCCC=C1CCC1=C2CC[C@]2(C)C(O)CC[C@@H]12. The van der Waals surface area contributed by atoms with Gasteiger partial charge >= 0.3 is 0 Å². The van der Waals surface area contributed by atoms with Gasteiger partial charge in [0.1, 0.15) is 0 Å². The zero-order valence-electron chi connectivity index (χ0n) is 13.0. The maximum atomic E-state index is 10.4. The molecule has 4 atom stereocenters. The predicted molar refractivity (Wildman–Crippen MR) is 82.4 cm³/mol. The number of rotatable bonds is 0. The van der Waals surface area contributed by atoms with Crippen molar-refractivity contribution in [1.29, 1.82) is 0 Å². The summed E-state index contributed by atoms with van der Waals surface area (Å²) in [4.78, 5) is 0. The van der Waals surface area contributed by atoms with Crippen LogP contribution in [0, 0.1) is 16.7 Å². The Morgan fingerprint density at radius 3 is 2.80 bits per heavy atom. The van der Waals surface area contributed by atoms with Gasteiger partial charge in [-0.15, -0.1) is 0 Å². The van der Waals surface area contributed by atoms with Crippen molar-refractivity contribution in [3.8, 4) is 0 Å². The van der Waals surface area contributed by atoms with Gasteiger partial charge in [-0.3, -0.25) is 0 Å². The summed E-state index contributed by atoms with van der Waals surface area (Å²) in [6, 6.07) is 0. The van der Waals surface area contributed by atoms with Crippen LogP contribution >= 0.6 is 0 Å². The van der Waals surface area contributed by atoms with E-state index in [1.165, 1.54) is 51.4 Å². The fourth-order valence-electron chi connectivity index (χ4n) is 5.96. The number of aliphatic hydroxyl groups excluding tert-OH is 1. The summed E-state index contributed by atoms with van der Waals surface area (Å²) in [5, 5.41) is 10.4. The lowest BCUT2D eigenvalue weighted by Gasteiger charge is -2.51. The topological polar surface area (TPSA) is 20.2 Å². The van der Waals surface area contributed by atoms with Gasteiger partial charge in [0, 0.05) is 10.8 Å². The first-order chi connectivity index (χ1) is 9.56. The van der Waals surface area contributed by atoms with Gasteiger partial charge in [0.2, 0.25) is 0 Å². The van der Waals surface area contributed by atoms with Crippen LogP contribution in [-0.4, -0.2) is 11.2 Å². The molecule has 0 spiro atoms. The van der Waals surface area contributed by atoms with Crippen molar-refractivity contribution in [1.82, 2.24) is 0 Å². The van der Waals surface area contributed by atoms with Crippen molar-refractivity contribution < 1.29 is 5.11 Å². The highest BCUT2D eigenvalue weighted by molar-refractivity contribution is 5.42. The Morgan fingerprint density at radius 1 is 1.10 bits per heavy atom. The average Bonchev–Trinajstić information content (AvgIpc) is 2.74. The fourth-order valence-corrected chi connectivity index (χ4v) is 5.96. The molecule has 0 aromatic rings. The molecule has 1 fully saturated rings. The minimum atomic E-state index is -0.0577. The third-order valence-corrected chi connectivity index (χ3v) is 7.32. The number of hydrogen-bond acceptors (Lipinski definition) is 1. The maximum absolute atomic E-state index is 10.4. The molecule has 0 bridgehead atoms. The van der Waals surface area contributed by atoms with Gasteiger partial charge in [-0.25, -0.2) is 0 Å². The molecule has 1 unspecified atom stereocenters. The van der Waals surface area contributed by atoms with E-state index in [0.29, 0.717) is 11.3 Å². The van der Waals surface area contributed by atoms with E-state index < -0.39 is 0 Å². The van der Waals surface area contributed by atoms with Crippen LogP contribution in [0.25, 0.3) is 0 Å². The van der Waals surface area contributed by atoms with Gasteiger partial charge < -0.3 is 5.11 Å². The summed E-state index contributed by atoms with van der Waals surface area (Å²) in [5.74, 6) is 0.682. The molecule has 20 heavy (non-hydrogen) atoms. The molecule has 1 heteroatoms. The van der Waals surface area contributed by atoms with Gasteiger partial charge in [-0.05, 0) is 63.7 Å². The Hall–Kier alpha value is -0.560. The van der Waals surface area contributed by atoms with Crippen LogP contribution in [0.4, 0.5) is 0 Å². The molecule has 0 aromatic carbocycles. The summed E-state index contributed by atoms with van der Waals surface area (Å²) in [6.45, 7) is 4.87. The molecule has 0 heterocycles. The van der Waals surface area contributed by atoms with Gasteiger partial charge in [0.25, 0.3) is 0 Å². The monoisotopic (exact) mass is 272 g/mol. The largest absolute Gasteiger partial charge is 0.393 e. The van der Waals surface area contributed by atoms with Crippen molar-refractivity contribution in [3.63, 3.8) is 0 Å². The zero-order valence-corrected chi connectivity index (χ0v) is 13.0. The normalized spacial score (nSPS) is 47.5. The van der Waals surface area contributed by atoms with E-state index in [4.69, 9.17) is 0 Å². The lowest BCUT2D eigenvalue weighted by molar-refractivity contribution is 0.0318. The molecule has 0 aliphatic heterocycles. The van der Waals surface area contributed by atoms with Crippen LogP contribution in [0.5, 0.6) is 0 Å². The van der Waals surface area contributed by atoms with Crippen LogP contribution < -0.4 is 0 Å². The standard InChI is InChI=1S/C19H28O/c1-18-11-4-3-5-13(18)6-7-14-15-8-9-17(20)19(15,2)12-10-16(14)18/h5,15,17,20H,3-4,6-12H2,1-2H3/t15-,17?,18-,19-/m0/s1. The van der Waals surface area contributed by atoms with Crippen LogP contribution in [0.1, 0.15) is 71.6 Å². The maximum Gasteiger partial charge on any atom is 0.0599 e. The number of aliphatic hydroxyl groups is 1. The number of fused-ring (bicyclic) bond motifs is 4. The molecule has 4 rings (SSSR count). The lowest BCUT2D eigenvalue weighted by atomic mass is 9.54. The van der Waals surface area contributed by atoms with Crippen LogP contribution in [0.2, 0.25) is 0 Å². The number of allylic oxidation sites excluding steroid dienone is 4. The quantitative estimate of drug-likeness (QED) is 0.630. The van der Waals surface area contributed by atoms with E-state index in [0.717, 1.165) is 6.42 Å². The molecule has 0 amide bonds. The zero-order chi connectivity index (χ0) is 14.0. The highest BCUT2D eigenvalue weighted by Gasteiger charge is 2.53. The van der Waals surface area contributed by atoms with Crippen molar-refractivity contribution in [2.24, 2.45) is 16.7 Å². The molecular formula is C19H28O. The first kappa shape index (κ1) is 13.1. The van der Waals surface area contributed by atoms with Crippen molar-refractivity contribution in [2.45, 2.75) is 77.7 Å². The lowest BCUT2D eigenvalue weighted by Crippen LogP contribution is -2.41. The first-order valence-corrected chi connectivity index (χ1v) is 8.66. The van der Waals surface area contributed by atoms with E-state index >= 15 is 0 Å². The van der Waals surface area contributed by atoms with E-state index in [1.807, 2.05) is 0 Å². The van der Waals surface area contributed by atoms with Gasteiger partial charge in [-0.2, -0.15) is 0 Å². The Labute approximate surface area is 123 Å². The second-order valence-corrected chi connectivity index (χ2v) is 8.11. The third kappa shape index (κ3) is 1.53. The molecule has 1 N–H and O–H groups in total. The molecule has 0 radical (unpaired) electrons. The fraction of sp³-hybridized carbons (Fsp3) is 0.789. The van der Waals surface area contributed by atoms with Crippen LogP contribution in [0.15, 0.2) is 22.8 Å². The van der Waals surface area contributed by atoms with E-state index in [9.17, 15) is 5.11 Å². The summed E-state index contributed by atoms with van der Waals surface area (Å²) in [5.41, 5.74) is 5.89. The van der Waals surface area contributed by atoms with E-state index in [1.54, 1.807) is 16.7 Å². The highest BCUT2D eigenvalue weighted by atomic mass is 16.3. The average molecular weight is 272 g/mol. The van der Waals surface area contributed by atoms with Gasteiger partial charge in [-0.1, -0.05) is 36.6 Å². The Morgan fingerprint density at radius 2 is 1.95 bits per heavy atom. The van der Waals surface area contributed by atoms with Gasteiger partial charge in [0.05, 0.1) is 6.10 Å². The summed E-state index contributed by atoms with van der Waals surface area (Å²) in [6.07, 6.45) is 13.8. The second-order valence-electron chi connectivity index (χ2n) is 8.11. The van der Waals surface area contributed by atoms with E-state index in [-0.39, 0.29) is 11.5 Å². The minimum absolute atomic E-state index is 0.0577. The molecular weight excluding hydrogens is 244 g/mol. The summed E-state index contributed by atoms with van der Waals surface area (Å²) >= 11 is 0. The Bertz CT molecular complexity index is 500. The first-order valence-electron chi connectivity index (χ1n) is 8.66. The molecule has 0 aromatic heterocycles. The third-order valence-electron chi connectivity index (χ3n) is 7.32. The van der Waals surface area contributed by atoms with E-state index in [2.05, 4.69) is 19.9 Å². The van der Waals surface area contributed by atoms with Crippen molar-refractivity contribution >= 4 is 0 Å². The van der Waals surface area contributed by atoms with Gasteiger partial charge in [0.15, 0.2) is 0 Å². The molecule has 4 aliphatic rings. The molecule has 4 aliphatic carbocycles. The Kier molecular flexibility index (Phi) is 2.77. The molecule has 0 saturated heterocycles. The van der Waals surface area contributed by atoms with Crippen LogP contribution in [-0.2, 0) is 0 Å². The number of hydrogen-bond donors (Lipinski definition) is 1. The van der Waals surface area contributed by atoms with Crippen molar-refractivity contribution in [2.75, 3.05) is 0 Å². The minimum Gasteiger partial charge on any atom is -0.393 e. The smallest absolute Gasteiger partial charge is 0.0599 e.